The van der Waals surface area contributed by atoms with E-state index in [2.05, 4.69) is 36.3 Å². The standard InChI is InChI=1S/C13H20N2S/c1-10(2)16-13-7-6-11(9-15-13)12-5-3-4-8-14-12/h6-7,9-10,12,14H,3-5,8H2,1-2H3/t12-/m1/s1. The first-order chi connectivity index (χ1) is 7.75. The summed E-state index contributed by atoms with van der Waals surface area (Å²) in [7, 11) is 0. The van der Waals surface area contributed by atoms with Crippen molar-refractivity contribution in [2.45, 2.75) is 49.4 Å². The maximum Gasteiger partial charge on any atom is 0.0962 e. The van der Waals surface area contributed by atoms with Crippen LogP contribution in [-0.4, -0.2) is 16.8 Å². The number of piperidine rings is 1. The van der Waals surface area contributed by atoms with Gasteiger partial charge in [-0.05, 0) is 31.0 Å². The smallest absolute Gasteiger partial charge is 0.0962 e. The Balaban J connectivity index is 2.00. The number of hydrogen-bond donors (Lipinski definition) is 1. The van der Waals surface area contributed by atoms with E-state index in [9.17, 15) is 0 Å². The summed E-state index contributed by atoms with van der Waals surface area (Å²) in [6.07, 6.45) is 5.93. The Morgan fingerprint density at radius 3 is 2.81 bits per heavy atom. The average Bonchev–Trinajstić information content (AvgIpc) is 2.30. The minimum Gasteiger partial charge on any atom is -0.310 e. The van der Waals surface area contributed by atoms with E-state index >= 15 is 0 Å². The topological polar surface area (TPSA) is 24.9 Å². The van der Waals surface area contributed by atoms with Gasteiger partial charge in [0.15, 0.2) is 0 Å². The van der Waals surface area contributed by atoms with E-state index in [-0.39, 0.29) is 0 Å². The fourth-order valence-electron chi connectivity index (χ4n) is 2.05. The maximum absolute atomic E-state index is 4.52. The van der Waals surface area contributed by atoms with Gasteiger partial charge in [0.2, 0.25) is 0 Å². The summed E-state index contributed by atoms with van der Waals surface area (Å²) in [6.45, 7) is 5.54. The van der Waals surface area contributed by atoms with E-state index in [1.165, 1.54) is 24.8 Å². The molecule has 0 unspecified atom stereocenters. The average molecular weight is 236 g/mol. The van der Waals surface area contributed by atoms with Crippen LogP contribution in [0.2, 0.25) is 0 Å². The van der Waals surface area contributed by atoms with E-state index in [0.717, 1.165) is 11.6 Å². The van der Waals surface area contributed by atoms with E-state index in [4.69, 9.17) is 0 Å². The molecule has 88 valence electrons. The van der Waals surface area contributed by atoms with Crippen molar-refractivity contribution in [2.75, 3.05) is 6.54 Å². The number of hydrogen-bond acceptors (Lipinski definition) is 3. The Kier molecular flexibility index (Phi) is 4.24. The summed E-state index contributed by atoms with van der Waals surface area (Å²) in [5.41, 5.74) is 1.34. The van der Waals surface area contributed by atoms with Crippen LogP contribution in [0.4, 0.5) is 0 Å². The molecule has 0 saturated carbocycles. The van der Waals surface area contributed by atoms with Gasteiger partial charge < -0.3 is 5.32 Å². The minimum atomic E-state index is 0.527. The second kappa shape index (κ2) is 5.69. The summed E-state index contributed by atoms with van der Waals surface area (Å²) >= 11 is 1.82. The Hall–Kier alpha value is -0.540. The monoisotopic (exact) mass is 236 g/mol. The summed E-state index contributed by atoms with van der Waals surface area (Å²) in [4.78, 5) is 4.52. The molecule has 0 amide bonds. The minimum absolute atomic E-state index is 0.527. The molecule has 1 atom stereocenters. The van der Waals surface area contributed by atoms with Gasteiger partial charge in [0.05, 0.1) is 5.03 Å². The zero-order valence-corrected chi connectivity index (χ0v) is 10.9. The first-order valence-electron chi connectivity index (χ1n) is 6.11. The van der Waals surface area contributed by atoms with Gasteiger partial charge in [0.25, 0.3) is 0 Å². The predicted octanol–water partition coefficient (Wildman–Crippen LogP) is 3.40. The van der Waals surface area contributed by atoms with Gasteiger partial charge in [0, 0.05) is 17.5 Å². The Morgan fingerprint density at radius 1 is 1.38 bits per heavy atom. The second-order valence-electron chi connectivity index (χ2n) is 4.60. The Labute approximate surface area is 102 Å². The molecule has 1 aromatic heterocycles. The SMILES string of the molecule is CC(C)Sc1ccc([C@H]2CCCCN2)cn1. The first-order valence-corrected chi connectivity index (χ1v) is 6.99. The lowest BCUT2D eigenvalue weighted by Crippen LogP contribution is -2.26. The van der Waals surface area contributed by atoms with Gasteiger partial charge in [-0.25, -0.2) is 4.98 Å². The van der Waals surface area contributed by atoms with Crippen molar-refractivity contribution in [1.82, 2.24) is 10.3 Å². The van der Waals surface area contributed by atoms with Crippen molar-refractivity contribution in [3.63, 3.8) is 0 Å². The van der Waals surface area contributed by atoms with Crippen molar-refractivity contribution in [3.05, 3.63) is 23.9 Å². The molecule has 0 spiro atoms. The van der Waals surface area contributed by atoms with Gasteiger partial charge in [0.1, 0.15) is 0 Å². The third kappa shape index (κ3) is 3.22. The molecule has 1 saturated heterocycles. The van der Waals surface area contributed by atoms with Crippen LogP contribution < -0.4 is 5.32 Å². The molecule has 3 heteroatoms. The quantitative estimate of drug-likeness (QED) is 0.814. The zero-order chi connectivity index (χ0) is 11.4. The van der Waals surface area contributed by atoms with Crippen molar-refractivity contribution in [3.8, 4) is 0 Å². The number of nitrogens with one attached hydrogen (secondary N) is 1. The molecule has 2 nitrogen and oxygen atoms in total. The summed E-state index contributed by atoms with van der Waals surface area (Å²) in [6, 6.07) is 4.90. The van der Waals surface area contributed by atoms with Crippen LogP contribution in [0.1, 0.15) is 44.7 Å². The molecule has 1 aromatic rings. The van der Waals surface area contributed by atoms with Crippen LogP contribution in [0, 0.1) is 0 Å². The van der Waals surface area contributed by atoms with Crippen LogP contribution in [0.3, 0.4) is 0 Å². The molecule has 1 N–H and O–H groups in total. The summed E-state index contributed by atoms with van der Waals surface area (Å²) in [5, 5.41) is 5.29. The number of pyridine rings is 1. The van der Waals surface area contributed by atoms with E-state index in [0.29, 0.717) is 11.3 Å². The lowest BCUT2D eigenvalue weighted by atomic mass is 9.99. The van der Waals surface area contributed by atoms with E-state index in [1.807, 2.05) is 18.0 Å². The van der Waals surface area contributed by atoms with Crippen molar-refractivity contribution < 1.29 is 0 Å². The van der Waals surface area contributed by atoms with Gasteiger partial charge in [-0.1, -0.05) is 26.3 Å². The molecule has 0 radical (unpaired) electrons. The highest BCUT2D eigenvalue weighted by molar-refractivity contribution is 7.99. The van der Waals surface area contributed by atoms with Crippen molar-refractivity contribution >= 4 is 11.8 Å². The molecule has 2 heterocycles. The fourth-order valence-corrected chi connectivity index (χ4v) is 2.79. The normalized spacial score (nSPS) is 21.3. The van der Waals surface area contributed by atoms with Crippen LogP contribution >= 0.6 is 11.8 Å². The number of aromatic nitrogens is 1. The highest BCUT2D eigenvalue weighted by Crippen LogP contribution is 2.25. The molecule has 0 bridgehead atoms. The Bertz CT molecular complexity index is 315. The van der Waals surface area contributed by atoms with Crippen LogP contribution in [0.5, 0.6) is 0 Å². The predicted molar refractivity (Wildman–Crippen MR) is 69.8 cm³/mol. The van der Waals surface area contributed by atoms with Gasteiger partial charge in [-0.3, -0.25) is 0 Å². The van der Waals surface area contributed by atoms with Crippen LogP contribution in [-0.2, 0) is 0 Å². The number of thioether (sulfide) groups is 1. The lowest BCUT2D eigenvalue weighted by Gasteiger charge is -2.23. The molecule has 16 heavy (non-hydrogen) atoms. The van der Waals surface area contributed by atoms with Gasteiger partial charge in [-0.2, -0.15) is 0 Å². The summed E-state index contributed by atoms with van der Waals surface area (Å²) < 4.78 is 0. The molecule has 1 fully saturated rings. The maximum atomic E-state index is 4.52. The van der Waals surface area contributed by atoms with Gasteiger partial charge in [-0.15, -0.1) is 11.8 Å². The lowest BCUT2D eigenvalue weighted by molar-refractivity contribution is 0.411. The summed E-state index contributed by atoms with van der Waals surface area (Å²) in [5.74, 6) is 0. The van der Waals surface area contributed by atoms with Crippen LogP contribution in [0.15, 0.2) is 23.4 Å². The molecule has 1 aliphatic rings. The van der Waals surface area contributed by atoms with Crippen LogP contribution in [0.25, 0.3) is 0 Å². The van der Waals surface area contributed by atoms with Crippen molar-refractivity contribution in [1.29, 1.82) is 0 Å². The molecular formula is C13H20N2S. The zero-order valence-electron chi connectivity index (χ0n) is 10.1. The Morgan fingerprint density at radius 2 is 2.25 bits per heavy atom. The third-order valence-electron chi connectivity index (χ3n) is 2.83. The largest absolute Gasteiger partial charge is 0.310 e. The third-order valence-corrected chi connectivity index (χ3v) is 3.78. The number of rotatable bonds is 3. The molecule has 0 aliphatic carbocycles. The number of nitrogens with zero attached hydrogens (tertiary/aromatic N) is 1. The molecule has 1 aliphatic heterocycles. The molecule has 0 aromatic carbocycles. The van der Waals surface area contributed by atoms with Gasteiger partial charge >= 0.3 is 0 Å². The molecular weight excluding hydrogens is 216 g/mol. The fraction of sp³-hybridized carbons (Fsp3) is 0.615. The molecule has 2 rings (SSSR count). The highest BCUT2D eigenvalue weighted by Gasteiger charge is 2.14. The van der Waals surface area contributed by atoms with E-state index < -0.39 is 0 Å². The van der Waals surface area contributed by atoms with E-state index in [1.54, 1.807) is 0 Å². The van der Waals surface area contributed by atoms with Crippen molar-refractivity contribution in [2.24, 2.45) is 0 Å². The highest BCUT2D eigenvalue weighted by atomic mass is 32.2. The second-order valence-corrected chi connectivity index (χ2v) is 6.20. The first kappa shape index (κ1) is 11.9.